The van der Waals surface area contributed by atoms with Crippen LogP contribution in [-0.4, -0.2) is 63.7 Å². The van der Waals surface area contributed by atoms with Crippen molar-refractivity contribution < 1.29 is 33.7 Å². The van der Waals surface area contributed by atoms with Gasteiger partial charge in [-0.1, -0.05) is 0 Å². The van der Waals surface area contributed by atoms with Crippen molar-refractivity contribution in [3.63, 3.8) is 0 Å². The number of carboxylic acid groups (broad SMARTS) is 1. The van der Waals surface area contributed by atoms with E-state index in [1.165, 1.54) is 0 Å². The molecule has 2 amide bonds. The van der Waals surface area contributed by atoms with E-state index in [2.05, 4.69) is 5.32 Å². The van der Waals surface area contributed by atoms with Gasteiger partial charge in [-0.25, -0.2) is 9.18 Å². The summed E-state index contributed by atoms with van der Waals surface area (Å²) in [6, 6.07) is -1.01. The molecule has 0 bridgehead atoms. The van der Waals surface area contributed by atoms with Crippen LogP contribution in [0.5, 0.6) is 0 Å². The van der Waals surface area contributed by atoms with Gasteiger partial charge in [0.15, 0.2) is 6.23 Å². The normalized spacial score (nSPS) is 23.3. The van der Waals surface area contributed by atoms with Gasteiger partial charge in [0, 0.05) is 13.0 Å². The Balaban J connectivity index is 2.75. The van der Waals surface area contributed by atoms with Crippen LogP contribution in [0.15, 0.2) is 0 Å². The molecule has 0 aliphatic carbocycles. The third kappa shape index (κ3) is 6.39. The molecule has 1 heterocycles. The third-order valence-electron chi connectivity index (χ3n) is 3.16. The minimum absolute atomic E-state index is 0.0789. The van der Waals surface area contributed by atoms with Crippen LogP contribution in [0.3, 0.4) is 0 Å². The summed E-state index contributed by atoms with van der Waals surface area (Å²) in [5.74, 6) is -1.70. The van der Waals surface area contributed by atoms with Crippen LogP contribution < -0.4 is 5.32 Å². The second kappa shape index (κ2) is 7.58. The number of aliphatic carboxylic acids is 1. The lowest BCUT2D eigenvalue weighted by atomic mass is 10.0. The summed E-state index contributed by atoms with van der Waals surface area (Å²) in [6.07, 6.45) is -4.75. The van der Waals surface area contributed by atoms with Gasteiger partial charge in [0.05, 0.1) is 12.5 Å². The van der Waals surface area contributed by atoms with Crippen molar-refractivity contribution in [2.45, 2.75) is 64.1 Å². The summed E-state index contributed by atoms with van der Waals surface area (Å²) in [5, 5.41) is 21.0. The minimum Gasteiger partial charge on any atom is -0.481 e. The Labute approximate surface area is 133 Å². The van der Waals surface area contributed by atoms with Crippen molar-refractivity contribution in [3.05, 3.63) is 0 Å². The zero-order valence-electron chi connectivity index (χ0n) is 13.4. The van der Waals surface area contributed by atoms with Crippen LogP contribution in [0.25, 0.3) is 0 Å². The van der Waals surface area contributed by atoms with Crippen LogP contribution in [0.2, 0.25) is 0 Å². The molecule has 9 heteroatoms. The molecule has 0 aromatic heterocycles. The van der Waals surface area contributed by atoms with Gasteiger partial charge < -0.3 is 25.2 Å². The first-order valence-corrected chi connectivity index (χ1v) is 7.32. The molecule has 1 aliphatic rings. The maximum absolute atomic E-state index is 13.5. The number of rotatable bonds is 5. The molecule has 3 unspecified atom stereocenters. The molecule has 3 N–H and O–H groups in total. The van der Waals surface area contributed by atoms with E-state index in [1.54, 1.807) is 20.8 Å². The maximum Gasteiger partial charge on any atom is 0.407 e. The van der Waals surface area contributed by atoms with Crippen molar-refractivity contribution >= 4 is 18.0 Å². The number of piperidine rings is 1. The SMILES string of the molecule is CC(C)(C)OC(=O)NC(CC(=O)O)CN1C(=O)CCC(F)C1O. The Hall–Kier alpha value is -1.90. The van der Waals surface area contributed by atoms with Crippen LogP contribution in [0.4, 0.5) is 9.18 Å². The Morgan fingerprint density at radius 1 is 1.48 bits per heavy atom. The molecule has 1 aliphatic heterocycles. The Morgan fingerprint density at radius 2 is 2.09 bits per heavy atom. The fraction of sp³-hybridized carbons (Fsp3) is 0.786. The largest absolute Gasteiger partial charge is 0.481 e. The lowest BCUT2D eigenvalue weighted by molar-refractivity contribution is -0.156. The van der Waals surface area contributed by atoms with Gasteiger partial charge in [0.2, 0.25) is 5.91 Å². The average molecular weight is 334 g/mol. The summed E-state index contributed by atoms with van der Waals surface area (Å²) in [6.45, 7) is 4.62. The highest BCUT2D eigenvalue weighted by Crippen LogP contribution is 2.20. The Kier molecular flexibility index (Phi) is 6.31. The molecule has 0 aromatic rings. The number of nitrogens with zero attached hydrogens (tertiary/aromatic N) is 1. The predicted octanol–water partition coefficient (Wildman–Crippen LogP) is 0.633. The second-order valence-electron chi connectivity index (χ2n) is 6.46. The van der Waals surface area contributed by atoms with Crippen molar-refractivity contribution in [3.8, 4) is 0 Å². The molecule has 1 fully saturated rings. The number of carbonyl (C=O) groups is 3. The highest BCUT2D eigenvalue weighted by molar-refractivity contribution is 5.78. The van der Waals surface area contributed by atoms with E-state index in [4.69, 9.17) is 9.84 Å². The van der Waals surface area contributed by atoms with E-state index in [-0.39, 0.29) is 19.4 Å². The van der Waals surface area contributed by atoms with Gasteiger partial charge in [-0.05, 0) is 27.2 Å². The summed E-state index contributed by atoms with van der Waals surface area (Å²) < 4.78 is 18.6. The second-order valence-corrected chi connectivity index (χ2v) is 6.46. The number of hydrogen-bond donors (Lipinski definition) is 3. The summed E-state index contributed by atoms with van der Waals surface area (Å²) in [4.78, 5) is 35.3. The smallest absolute Gasteiger partial charge is 0.407 e. The average Bonchev–Trinajstić information content (AvgIpc) is 2.36. The van der Waals surface area contributed by atoms with Crippen molar-refractivity contribution in [2.75, 3.05) is 6.54 Å². The number of ether oxygens (including phenoxy) is 1. The number of hydrogen-bond acceptors (Lipinski definition) is 5. The molecular weight excluding hydrogens is 311 g/mol. The van der Waals surface area contributed by atoms with Gasteiger partial charge >= 0.3 is 12.1 Å². The number of likely N-dealkylation sites (tertiary alicyclic amines) is 1. The van der Waals surface area contributed by atoms with E-state index in [0.29, 0.717) is 0 Å². The standard InChI is InChI=1S/C14H23FN2O6/c1-14(2,3)23-13(22)16-8(6-11(19)20)7-17-10(18)5-4-9(15)12(17)21/h8-9,12,21H,4-7H2,1-3H3,(H,16,22)(H,19,20). The number of carboxylic acids is 1. The molecule has 0 radical (unpaired) electrons. The molecule has 0 aromatic carbocycles. The maximum atomic E-state index is 13.5. The number of aliphatic hydroxyl groups is 1. The van der Waals surface area contributed by atoms with E-state index < -0.39 is 48.4 Å². The molecule has 0 saturated carbocycles. The van der Waals surface area contributed by atoms with Crippen molar-refractivity contribution in [1.29, 1.82) is 0 Å². The van der Waals surface area contributed by atoms with Gasteiger partial charge in [0.1, 0.15) is 11.8 Å². The van der Waals surface area contributed by atoms with Crippen molar-refractivity contribution in [1.82, 2.24) is 10.2 Å². The number of alkyl carbamates (subject to hydrolysis) is 1. The van der Waals surface area contributed by atoms with E-state index in [9.17, 15) is 23.9 Å². The van der Waals surface area contributed by atoms with Gasteiger partial charge in [-0.15, -0.1) is 0 Å². The summed E-state index contributed by atoms with van der Waals surface area (Å²) in [5.41, 5.74) is -0.775. The number of carbonyl (C=O) groups excluding carboxylic acids is 2. The molecule has 132 valence electrons. The zero-order chi connectivity index (χ0) is 17.8. The first-order valence-electron chi connectivity index (χ1n) is 7.32. The topological polar surface area (TPSA) is 116 Å². The van der Waals surface area contributed by atoms with Crippen LogP contribution in [-0.2, 0) is 14.3 Å². The molecule has 1 rings (SSSR count). The van der Waals surface area contributed by atoms with Crippen LogP contribution in [0.1, 0.15) is 40.0 Å². The monoisotopic (exact) mass is 334 g/mol. The molecule has 1 saturated heterocycles. The fourth-order valence-corrected chi connectivity index (χ4v) is 2.19. The van der Waals surface area contributed by atoms with E-state index in [0.717, 1.165) is 4.90 Å². The van der Waals surface area contributed by atoms with E-state index in [1.807, 2.05) is 0 Å². The third-order valence-corrected chi connectivity index (χ3v) is 3.16. The molecular formula is C14H23FN2O6. The molecule has 3 atom stereocenters. The first-order chi connectivity index (χ1) is 10.5. The summed E-state index contributed by atoms with van der Waals surface area (Å²) in [7, 11) is 0. The lowest BCUT2D eigenvalue weighted by Crippen LogP contribution is -2.55. The highest BCUT2D eigenvalue weighted by atomic mass is 19.1. The molecule has 8 nitrogen and oxygen atoms in total. The quantitative estimate of drug-likeness (QED) is 0.679. The minimum atomic E-state index is -1.65. The van der Waals surface area contributed by atoms with Gasteiger partial charge in [-0.3, -0.25) is 9.59 Å². The van der Waals surface area contributed by atoms with Crippen LogP contribution >= 0.6 is 0 Å². The van der Waals surface area contributed by atoms with Crippen LogP contribution in [0, 0.1) is 0 Å². The zero-order valence-corrected chi connectivity index (χ0v) is 13.4. The number of aliphatic hydroxyl groups excluding tert-OH is 1. The Bertz CT molecular complexity index is 465. The molecule has 0 spiro atoms. The lowest BCUT2D eigenvalue weighted by Gasteiger charge is -2.36. The predicted molar refractivity (Wildman–Crippen MR) is 77.3 cm³/mol. The number of alkyl halides is 1. The van der Waals surface area contributed by atoms with Crippen molar-refractivity contribution in [2.24, 2.45) is 0 Å². The number of halogens is 1. The first kappa shape index (κ1) is 19.1. The summed E-state index contributed by atoms with van der Waals surface area (Å²) >= 11 is 0. The number of nitrogens with one attached hydrogen (secondary N) is 1. The van der Waals surface area contributed by atoms with E-state index >= 15 is 0 Å². The van der Waals surface area contributed by atoms with Gasteiger partial charge in [0.25, 0.3) is 0 Å². The number of amides is 2. The van der Waals surface area contributed by atoms with Gasteiger partial charge in [-0.2, -0.15) is 0 Å². The Morgan fingerprint density at radius 3 is 2.61 bits per heavy atom. The fourth-order valence-electron chi connectivity index (χ4n) is 2.19. The highest BCUT2D eigenvalue weighted by Gasteiger charge is 2.36. The molecule has 23 heavy (non-hydrogen) atoms.